The average Bonchev–Trinajstić information content (AvgIpc) is 3.36. The lowest BCUT2D eigenvalue weighted by molar-refractivity contribution is -0.143. The van der Waals surface area contributed by atoms with Crippen LogP contribution in [0.2, 0.25) is 0 Å². The van der Waals surface area contributed by atoms with Gasteiger partial charge in [0.25, 0.3) is 5.91 Å². The fraction of sp³-hybridized carbons (Fsp3) is 0.438. The van der Waals surface area contributed by atoms with Gasteiger partial charge in [-0.3, -0.25) is 14.3 Å². The van der Waals surface area contributed by atoms with Crippen LogP contribution in [0.1, 0.15) is 54.2 Å². The number of hydrogen-bond donors (Lipinski definition) is 0. The fourth-order valence-corrected chi connectivity index (χ4v) is 6.50. The molecule has 2 aliphatic heterocycles. The first-order valence-electron chi connectivity index (χ1n) is 15.2. The van der Waals surface area contributed by atoms with E-state index in [0.717, 1.165) is 11.0 Å². The van der Waals surface area contributed by atoms with E-state index in [9.17, 15) is 57.5 Å². The Balaban J connectivity index is 1.56. The molecule has 3 aromatic rings. The maximum absolute atomic E-state index is 14.0. The molecule has 9 nitrogen and oxygen atoms in total. The van der Waals surface area contributed by atoms with Crippen LogP contribution in [-0.4, -0.2) is 77.6 Å². The molecule has 1 fully saturated rings. The molecule has 1 amide bonds. The van der Waals surface area contributed by atoms with Crippen LogP contribution in [0.4, 0.5) is 44.3 Å². The van der Waals surface area contributed by atoms with Gasteiger partial charge >= 0.3 is 34.1 Å². The van der Waals surface area contributed by atoms with Gasteiger partial charge in [-0.1, -0.05) is 18.2 Å². The second-order valence-electron chi connectivity index (χ2n) is 13.1. The van der Waals surface area contributed by atoms with E-state index in [1.54, 1.807) is 45.0 Å². The minimum atomic E-state index is -6.02. The highest BCUT2D eigenvalue weighted by Crippen LogP contribution is 2.38. The minimum Gasteiger partial charge on any atom is -0.443 e. The van der Waals surface area contributed by atoms with Gasteiger partial charge < -0.3 is 13.8 Å². The average molecular weight is 756 g/mol. The van der Waals surface area contributed by atoms with E-state index in [1.807, 2.05) is 0 Å². The van der Waals surface area contributed by atoms with Crippen LogP contribution < -0.4 is 0 Å². The Morgan fingerprint density at radius 2 is 1.49 bits per heavy atom. The van der Waals surface area contributed by atoms with E-state index >= 15 is 0 Å². The van der Waals surface area contributed by atoms with Gasteiger partial charge in [0.15, 0.2) is 0 Å². The lowest BCUT2D eigenvalue weighted by atomic mass is 9.94. The molecule has 0 spiro atoms. The molecule has 278 valence electrons. The number of carbonyl (C=O) groups excluding carboxylic acids is 2. The first kappa shape index (κ1) is 38.0. The number of rotatable bonds is 5. The van der Waals surface area contributed by atoms with Gasteiger partial charge in [-0.25, -0.2) is 4.79 Å². The highest BCUT2D eigenvalue weighted by Gasteiger charge is 2.50. The highest BCUT2D eigenvalue weighted by atomic mass is 32.2. The molecule has 5 rings (SSSR count). The first-order valence-corrected chi connectivity index (χ1v) is 16.6. The van der Waals surface area contributed by atoms with Gasteiger partial charge in [0, 0.05) is 42.3 Å². The third-order valence-corrected chi connectivity index (χ3v) is 9.22. The van der Waals surface area contributed by atoms with Crippen LogP contribution in [0.3, 0.4) is 0 Å². The van der Waals surface area contributed by atoms with Gasteiger partial charge in [0.1, 0.15) is 11.4 Å². The Hall–Kier alpha value is -4.26. The lowest BCUT2D eigenvalue weighted by Crippen LogP contribution is -2.61. The first-order chi connectivity index (χ1) is 23.3. The topological polar surface area (TPSA) is 98.2 Å². The normalized spacial score (nSPS) is 19.5. The number of alkyl halides is 9. The standard InChI is InChI=1S/C32H30F9N3O6S/c1-29(2,3)49-28(46)44-14-19(25-6-4-5-7-26(25)44)12-23-15-42-17-24(50-51(47,48)32(39,40)41)9-8-22(42)16-43(23)27(45)18-10-20(30(33,34)35)13-21(11-18)31(36,37)38/h4-7,9-11,13-14,22-23H,8,12,15-17H2,1-3H3. The summed E-state index contributed by atoms with van der Waals surface area (Å²) in [4.78, 5) is 29.7. The quantitative estimate of drug-likeness (QED) is 0.153. The van der Waals surface area contributed by atoms with Crippen molar-refractivity contribution in [3.63, 3.8) is 0 Å². The number of benzene rings is 2. The molecule has 0 bridgehead atoms. The van der Waals surface area contributed by atoms with Crippen molar-refractivity contribution in [3.05, 3.63) is 82.8 Å². The van der Waals surface area contributed by atoms with Crippen molar-refractivity contribution < 1.29 is 66.4 Å². The predicted octanol–water partition coefficient (Wildman–Crippen LogP) is 7.35. The van der Waals surface area contributed by atoms with Crippen molar-refractivity contribution in [3.8, 4) is 0 Å². The third kappa shape index (κ3) is 8.29. The molecule has 2 aliphatic rings. The van der Waals surface area contributed by atoms with Gasteiger partial charge in [0.2, 0.25) is 0 Å². The van der Waals surface area contributed by atoms with Gasteiger partial charge in [-0.2, -0.15) is 47.9 Å². The zero-order chi connectivity index (χ0) is 37.9. The van der Waals surface area contributed by atoms with Crippen LogP contribution in [0.25, 0.3) is 10.9 Å². The summed E-state index contributed by atoms with van der Waals surface area (Å²) in [6.07, 6.45) is -9.07. The number of amides is 1. The molecule has 0 aliphatic carbocycles. The summed E-state index contributed by atoms with van der Waals surface area (Å²) in [7, 11) is -6.02. The Morgan fingerprint density at radius 1 is 0.882 bits per heavy atom. The number of halogens is 9. The Labute approximate surface area is 285 Å². The van der Waals surface area contributed by atoms with Gasteiger partial charge in [0.05, 0.1) is 23.2 Å². The molecule has 1 aromatic heterocycles. The number of fused-ring (bicyclic) bond motifs is 2. The molecule has 0 N–H and O–H groups in total. The van der Waals surface area contributed by atoms with Crippen molar-refractivity contribution >= 4 is 33.0 Å². The molecule has 2 atom stereocenters. The van der Waals surface area contributed by atoms with Gasteiger partial charge in [-0.15, -0.1) is 0 Å². The van der Waals surface area contributed by atoms with Crippen molar-refractivity contribution in [1.29, 1.82) is 0 Å². The van der Waals surface area contributed by atoms with Crippen LogP contribution in [0.5, 0.6) is 0 Å². The second kappa shape index (κ2) is 13.1. The van der Waals surface area contributed by atoms with Crippen molar-refractivity contribution in [2.24, 2.45) is 0 Å². The summed E-state index contributed by atoms with van der Waals surface area (Å²) >= 11 is 0. The molecule has 1 saturated heterocycles. The number of ether oxygens (including phenoxy) is 1. The molecule has 19 heteroatoms. The third-order valence-electron chi connectivity index (χ3n) is 8.22. The summed E-state index contributed by atoms with van der Waals surface area (Å²) in [5, 5.41) is 0.496. The monoisotopic (exact) mass is 755 g/mol. The number of carbonyl (C=O) groups is 2. The maximum Gasteiger partial charge on any atom is 0.534 e. The lowest BCUT2D eigenvalue weighted by Gasteiger charge is -2.48. The summed E-state index contributed by atoms with van der Waals surface area (Å²) in [6, 6.07) is 5.24. The van der Waals surface area contributed by atoms with E-state index < -0.39 is 86.7 Å². The van der Waals surface area contributed by atoms with Crippen molar-refractivity contribution in [2.75, 3.05) is 19.6 Å². The number of para-hydroxylation sites is 1. The second-order valence-corrected chi connectivity index (χ2v) is 14.6. The summed E-state index contributed by atoms with van der Waals surface area (Å²) in [5.41, 5.74) is -10.1. The van der Waals surface area contributed by atoms with Crippen LogP contribution in [0, 0.1) is 0 Å². The minimum absolute atomic E-state index is 0.111. The van der Waals surface area contributed by atoms with Crippen molar-refractivity contribution in [2.45, 2.75) is 69.2 Å². The Bertz CT molecular complexity index is 1950. The zero-order valence-corrected chi connectivity index (χ0v) is 27.8. The summed E-state index contributed by atoms with van der Waals surface area (Å²) in [5.74, 6) is -1.74. The van der Waals surface area contributed by atoms with E-state index in [2.05, 4.69) is 4.18 Å². The van der Waals surface area contributed by atoms with E-state index in [-0.39, 0.29) is 32.0 Å². The number of aromatic nitrogens is 1. The maximum atomic E-state index is 14.0. The molecular weight excluding hydrogens is 725 g/mol. The van der Waals surface area contributed by atoms with Gasteiger partial charge in [-0.05, 0) is 69.5 Å². The van der Waals surface area contributed by atoms with Crippen LogP contribution in [-0.2, 0) is 37.8 Å². The Morgan fingerprint density at radius 3 is 2.06 bits per heavy atom. The molecule has 0 saturated carbocycles. The summed E-state index contributed by atoms with van der Waals surface area (Å²) in [6.45, 7) is 3.91. The Kier molecular flexibility index (Phi) is 9.72. The smallest absolute Gasteiger partial charge is 0.443 e. The largest absolute Gasteiger partial charge is 0.534 e. The van der Waals surface area contributed by atoms with Crippen LogP contribution >= 0.6 is 0 Å². The predicted molar refractivity (Wildman–Crippen MR) is 163 cm³/mol. The molecule has 3 heterocycles. The van der Waals surface area contributed by atoms with E-state index in [0.29, 0.717) is 28.6 Å². The molecule has 2 aromatic carbocycles. The van der Waals surface area contributed by atoms with E-state index in [1.165, 1.54) is 15.7 Å². The number of piperazine rings is 1. The number of hydrogen-bond acceptors (Lipinski definition) is 7. The molecule has 51 heavy (non-hydrogen) atoms. The van der Waals surface area contributed by atoms with Crippen molar-refractivity contribution in [1.82, 2.24) is 14.4 Å². The summed E-state index contributed by atoms with van der Waals surface area (Å²) < 4.78 is 156. The zero-order valence-electron chi connectivity index (χ0n) is 27.0. The highest BCUT2D eigenvalue weighted by molar-refractivity contribution is 7.87. The SMILES string of the molecule is CC(C)(C)OC(=O)n1cc(CC2CN3CC(OS(=O)(=O)C(F)(F)F)=CCC3CN2C(=O)c2cc(C(F)(F)F)cc(C(F)(F)F)c2)c2ccccc21. The fourth-order valence-electron chi connectivity index (χ4n) is 6.00. The van der Waals surface area contributed by atoms with E-state index in [4.69, 9.17) is 4.74 Å². The van der Waals surface area contributed by atoms with Crippen LogP contribution in [0.15, 0.2) is 60.5 Å². The molecule has 2 unspecified atom stereocenters. The molecule has 0 radical (unpaired) electrons. The number of nitrogens with zero attached hydrogens (tertiary/aromatic N) is 3. The molecular formula is C32H30F9N3O6S.